The highest BCUT2D eigenvalue weighted by molar-refractivity contribution is 7.92. The normalized spacial score (nSPS) is 13.1. The van der Waals surface area contributed by atoms with Gasteiger partial charge in [-0.3, -0.25) is 9.10 Å². The van der Waals surface area contributed by atoms with Gasteiger partial charge in [-0.05, 0) is 49.7 Å². The summed E-state index contributed by atoms with van der Waals surface area (Å²) in [5, 5.41) is 3.08. The number of halogens is 1. The summed E-state index contributed by atoms with van der Waals surface area (Å²) in [6.45, 7) is 3.30. The Bertz CT molecular complexity index is 1040. The molecule has 0 saturated heterocycles. The topological polar surface area (TPSA) is 94.2 Å². The third-order valence-corrected chi connectivity index (χ3v) is 6.28. The van der Waals surface area contributed by atoms with Crippen LogP contribution in [0.2, 0.25) is 5.02 Å². The van der Waals surface area contributed by atoms with Crippen molar-refractivity contribution in [3.05, 3.63) is 47.0 Å². The van der Waals surface area contributed by atoms with Gasteiger partial charge in [-0.25, -0.2) is 8.42 Å². The van der Waals surface area contributed by atoms with E-state index in [9.17, 15) is 13.2 Å². The average Bonchev–Trinajstić information content (AvgIpc) is 2.72. The number of sulfonamides is 1. The maximum Gasteiger partial charge on any atom is 0.244 e. The summed E-state index contributed by atoms with van der Waals surface area (Å²) in [6, 6.07) is 8.39. The molecule has 31 heavy (non-hydrogen) atoms. The zero-order chi connectivity index (χ0) is 23.3. The Balaban J connectivity index is 2.28. The average molecular weight is 471 g/mol. The van der Waals surface area contributed by atoms with Crippen molar-refractivity contribution >= 4 is 33.2 Å². The Morgan fingerprint density at radius 2 is 1.55 bits per heavy atom. The predicted molar refractivity (Wildman–Crippen MR) is 121 cm³/mol. The van der Waals surface area contributed by atoms with E-state index in [1.807, 2.05) is 0 Å². The lowest BCUT2D eigenvalue weighted by Gasteiger charge is -2.29. The second-order valence-corrected chi connectivity index (χ2v) is 9.16. The number of nitrogens with zero attached hydrogens (tertiary/aromatic N) is 1. The number of ether oxygens (including phenoxy) is 3. The van der Waals surface area contributed by atoms with Gasteiger partial charge in [-0.1, -0.05) is 17.7 Å². The van der Waals surface area contributed by atoms with Gasteiger partial charge < -0.3 is 19.5 Å². The molecule has 0 spiro atoms. The molecule has 8 nitrogen and oxygen atoms in total. The van der Waals surface area contributed by atoms with Crippen molar-refractivity contribution in [2.75, 3.05) is 31.9 Å². The maximum absolute atomic E-state index is 12.9. The number of carbonyl (C=O) groups is 1. The van der Waals surface area contributed by atoms with Crippen LogP contribution in [0.5, 0.6) is 17.2 Å². The lowest BCUT2D eigenvalue weighted by Crippen LogP contribution is -2.48. The highest BCUT2D eigenvalue weighted by Gasteiger charge is 2.30. The van der Waals surface area contributed by atoms with Crippen LogP contribution in [-0.2, 0) is 14.8 Å². The number of methoxy groups -OCH3 is 3. The van der Waals surface area contributed by atoms with E-state index >= 15 is 0 Å². The van der Waals surface area contributed by atoms with Gasteiger partial charge in [0, 0.05) is 0 Å². The standard InChI is InChI=1S/C21H27ClN2O6S/c1-13(15-7-9-19(29-4)20(11-15)30-5)23-21(25)14(2)24(31(6,26)27)16-8-10-18(28-3)17(22)12-16/h7-14H,1-6H3,(H,23,25)/t13-,14+/m0/s1. The Labute approximate surface area is 188 Å². The molecule has 0 fully saturated rings. The molecule has 0 radical (unpaired) electrons. The molecule has 0 aliphatic rings. The van der Waals surface area contributed by atoms with Gasteiger partial charge in [0.05, 0.1) is 44.3 Å². The summed E-state index contributed by atoms with van der Waals surface area (Å²) in [5.41, 5.74) is 1.03. The molecule has 2 atom stereocenters. The molecule has 2 aromatic rings. The fourth-order valence-electron chi connectivity index (χ4n) is 3.14. The summed E-state index contributed by atoms with van der Waals surface area (Å²) >= 11 is 6.16. The third kappa shape index (κ3) is 5.74. The van der Waals surface area contributed by atoms with Crippen molar-refractivity contribution in [3.8, 4) is 17.2 Å². The third-order valence-electron chi connectivity index (χ3n) is 4.74. The minimum atomic E-state index is -3.78. The number of hydrogen-bond acceptors (Lipinski definition) is 6. The van der Waals surface area contributed by atoms with Crippen LogP contribution in [0.15, 0.2) is 36.4 Å². The molecule has 2 aromatic carbocycles. The van der Waals surface area contributed by atoms with Crippen LogP contribution in [-0.4, -0.2) is 48.0 Å². The van der Waals surface area contributed by atoms with E-state index in [4.69, 9.17) is 25.8 Å². The maximum atomic E-state index is 12.9. The van der Waals surface area contributed by atoms with E-state index < -0.39 is 28.0 Å². The van der Waals surface area contributed by atoms with E-state index in [1.165, 1.54) is 40.4 Å². The Kier molecular flexibility index (Phi) is 8.02. The molecule has 10 heteroatoms. The first-order valence-electron chi connectivity index (χ1n) is 9.38. The van der Waals surface area contributed by atoms with Crippen LogP contribution in [0.1, 0.15) is 25.5 Å². The van der Waals surface area contributed by atoms with Crippen molar-refractivity contribution in [2.24, 2.45) is 0 Å². The molecular formula is C21H27ClN2O6S. The molecule has 0 aliphatic carbocycles. The van der Waals surface area contributed by atoms with Crippen LogP contribution in [0.25, 0.3) is 0 Å². The predicted octanol–water partition coefficient (Wildman–Crippen LogP) is 3.40. The van der Waals surface area contributed by atoms with Crippen molar-refractivity contribution < 1.29 is 27.4 Å². The molecule has 170 valence electrons. The van der Waals surface area contributed by atoms with Gasteiger partial charge >= 0.3 is 0 Å². The van der Waals surface area contributed by atoms with Gasteiger partial charge in [0.15, 0.2) is 11.5 Å². The highest BCUT2D eigenvalue weighted by atomic mass is 35.5. The van der Waals surface area contributed by atoms with E-state index in [-0.39, 0.29) is 10.7 Å². The van der Waals surface area contributed by atoms with E-state index in [2.05, 4.69) is 5.32 Å². The number of rotatable bonds is 9. The summed E-state index contributed by atoms with van der Waals surface area (Å²) < 4.78 is 41.7. The first-order chi connectivity index (χ1) is 14.5. The van der Waals surface area contributed by atoms with Crippen molar-refractivity contribution in [3.63, 3.8) is 0 Å². The zero-order valence-electron chi connectivity index (χ0n) is 18.3. The van der Waals surface area contributed by atoms with Gasteiger partial charge in [-0.15, -0.1) is 0 Å². The second kappa shape index (κ2) is 10.1. The molecule has 0 bridgehead atoms. The SMILES string of the molecule is COc1ccc(N([C@H](C)C(=O)N[C@@H](C)c2ccc(OC)c(OC)c2)S(C)(=O)=O)cc1Cl. The Hall–Kier alpha value is -2.65. The number of amides is 1. The lowest BCUT2D eigenvalue weighted by atomic mass is 10.1. The van der Waals surface area contributed by atoms with E-state index in [0.717, 1.165) is 16.1 Å². The zero-order valence-corrected chi connectivity index (χ0v) is 19.9. The molecule has 0 heterocycles. The van der Waals surface area contributed by atoms with E-state index in [0.29, 0.717) is 17.2 Å². The van der Waals surface area contributed by atoms with Crippen molar-refractivity contribution in [2.45, 2.75) is 25.9 Å². The largest absolute Gasteiger partial charge is 0.495 e. The van der Waals surface area contributed by atoms with Crippen LogP contribution in [0.4, 0.5) is 5.69 Å². The van der Waals surface area contributed by atoms with Crippen LogP contribution < -0.4 is 23.8 Å². The number of anilines is 1. The first kappa shape index (κ1) is 24.6. The van der Waals surface area contributed by atoms with Crippen LogP contribution >= 0.6 is 11.6 Å². The van der Waals surface area contributed by atoms with Gasteiger partial charge in [0.1, 0.15) is 11.8 Å². The van der Waals surface area contributed by atoms with Gasteiger partial charge in [0.2, 0.25) is 15.9 Å². The minimum Gasteiger partial charge on any atom is -0.495 e. The lowest BCUT2D eigenvalue weighted by molar-refractivity contribution is -0.122. The van der Waals surface area contributed by atoms with E-state index in [1.54, 1.807) is 31.2 Å². The smallest absolute Gasteiger partial charge is 0.244 e. The van der Waals surface area contributed by atoms with Crippen molar-refractivity contribution in [1.82, 2.24) is 5.32 Å². The molecule has 1 amide bonds. The fourth-order valence-corrected chi connectivity index (χ4v) is 4.56. The fraction of sp³-hybridized carbons (Fsp3) is 0.381. The van der Waals surface area contributed by atoms with Gasteiger partial charge in [-0.2, -0.15) is 0 Å². The Morgan fingerprint density at radius 1 is 0.968 bits per heavy atom. The number of hydrogen-bond donors (Lipinski definition) is 1. The summed E-state index contributed by atoms with van der Waals surface area (Å²) in [6.07, 6.45) is 1.03. The highest BCUT2D eigenvalue weighted by Crippen LogP contribution is 2.32. The monoisotopic (exact) mass is 470 g/mol. The minimum absolute atomic E-state index is 0.236. The number of nitrogens with one attached hydrogen (secondary N) is 1. The molecule has 1 N–H and O–H groups in total. The van der Waals surface area contributed by atoms with Gasteiger partial charge in [0.25, 0.3) is 0 Å². The molecule has 2 rings (SSSR count). The molecule has 0 unspecified atom stereocenters. The molecule has 0 saturated carbocycles. The van der Waals surface area contributed by atoms with Crippen LogP contribution in [0.3, 0.4) is 0 Å². The first-order valence-corrected chi connectivity index (χ1v) is 11.6. The number of benzene rings is 2. The summed E-state index contributed by atoms with van der Waals surface area (Å²) in [5.74, 6) is 1.02. The summed E-state index contributed by atoms with van der Waals surface area (Å²) in [7, 11) is 0.739. The quantitative estimate of drug-likeness (QED) is 0.603. The summed E-state index contributed by atoms with van der Waals surface area (Å²) in [4.78, 5) is 12.9. The number of carbonyl (C=O) groups excluding carboxylic acids is 1. The second-order valence-electron chi connectivity index (χ2n) is 6.90. The van der Waals surface area contributed by atoms with Crippen LogP contribution in [0, 0.1) is 0 Å². The Morgan fingerprint density at radius 3 is 2.06 bits per heavy atom. The molecule has 0 aliphatic heterocycles. The molecular weight excluding hydrogens is 444 g/mol. The van der Waals surface area contributed by atoms with Crippen molar-refractivity contribution in [1.29, 1.82) is 0 Å². The molecule has 0 aromatic heterocycles.